The van der Waals surface area contributed by atoms with Gasteiger partial charge in [-0.15, -0.1) is 0 Å². The second-order valence-electron chi connectivity index (χ2n) is 9.67. The van der Waals surface area contributed by atoms with Crippen LogP contribution in [-0.2, 0) is 16.0 Å². The van der Waals surface area contributed by atoms with Crippen LogP contribution in [0.15, 0.2) is 48.5 Å². The van der Waals surface area contributed by atoms with Gasteiger partial charge >= 0.3 is 5.97 Å². The molecule has 0 spiro atoms. The van der Waals surface area contributed by atoms with Crippen LogP contribution >= 0.6 is 0 Å². The van der Waals surface area contributed by atoms with Crippen molar-refractivity contribution in [2.75, 3.05) is 19.7 Å². The largest absolute Gasteiger partial charge is 0.490 e. The summed E-state index contributed by atoms with van der Waals surface area (Å²) in [7, 11) is 0. The Morgan fingerprint density at radius 2 is 1.36 bits per heavy atom. The van der Waals surface area contributed by atoms with Crippen LogP contribution in [0.2, 0.25) is 0 Å². The van der Waals surface area contributed by atoms with Crippen molar-refractivity contribution in [1.82, 2.24) is 10.6 Å². The predicted octanol–water partition coefficient (Wildman–Crippen LogP) is 4.55. The average molecular weight is 495 g/mol. The molecule has 1 aliphatic rings. The van der Waals surface area contributed by atoms with Gasteiger partial charge in [-0.3, -0.25) is 14.4 Å². The molecule has 36 heavy (non-hydrogen) atoms. The summed E-state index contributed by atoms with van der Waals surface area (Å²) >= 11 is 0. The lowest BCUT2D eigenvalue weighted by molar-refractivity contribution is -0.149. The molecule has 1 aliphatic carbocycles. The fourth-order valence-electron chi connectivity index (χ4n) is 4.37. The minimum Gasteiger partial charge on any atom is -0.490 e. The quantitative estimate of drug-likeness (QED) is 0.353. The van der Waals surface area contributed by atoms with Crippen molar-refractivity contribution >= 4 is 17.8 Å². The normalized spacial score (nSPS) is 17.3. The fraction of sp³-hybridized carbons (Fsp3) is 0.483. The van der Waals surface area contributed by atoms with Crippen LogP contribution < -0.4 is 15.4 Å². The number of benzene rings is 2. The van der Waals surface area contributed by atoms with E-state index < -0.39 is 0 Å². The van der Waals surface area contributed by atoms with Crippen molar-refractivity contribution in [3.05, 3.63) is 65.2 Å². The van der Waals surface area contributed by atoms with Crippen molar-refractivity contribution in [2.45, 2.75) is 59.0 Å². The van der Waals surface area contributed by atoms with Crippen LogP contribution in [0.4, 0.5) is 0 Å². The van der Waals surface area contributed by atoms with Gasteiger partial charge in [0.25, 0.3) is 11.8 Å². The molecule has 0 unspecified atom stereocenters. The average Bonchev–Trinajstić information content (AvgIpc) is 2.87. The summed E-state index contributed by atoms with van der Waals surface area (Å²) in [4.78, 5) is 36.6. The number of nitrogens with one attached hydrogen (secondary N) is 2. The van der Waals surface area contributed by atoms with Gasteiger partial charge in [-0.1, -0.05) is 26.0 Å². The molecule has 0 radical (unpaired) electrons. The van der Waals surface area contributed by atoms with Gasteiger partial charge in [0.05, 0.1) is 18.6 Å². The second kappa shape index (κ2) is 13.7. The molecular formula is C29H38N2O5. The highest BCUT2D eigenvalue weighted by Gasteiger charge is 2.28. The smallest absolute Gasteiger partial charge is 0.308 e. The zero-order valence-electron chi connectivity index (χ0n) is 21.5. The van der Waals surface area contributed by atoms with Gasteiger partial charge in [0.1, 0.15) is 5.75 Å². The Hall–Kier alpha value is -3.35. The first-order valence-electron chi connectivity index (χ1n) is 12.9. The molecule has 2 aromatic carbocycles. The second-order valence-corrected chi connectivity index (χ2v) is 9.67. The molecule has 1 saturated carbocycles. The first-order valence-corrected chi connectivity index (χ1v) is 12.9. The Morgan fingerprint density at radius 1 is 0.833 bits per heavy atom. The summed E-state index contributed by atoms with van der Waals surface area (Å²) in [6, 6.07) is 14.7. The highest BCUT2D eigenvalue weighted by molar-refractivity contribution is 5.95. The first kappa shape index (κ1) is 27.2. The van der Waals surface area contributed by atoms with Crippen molar-refractivity contribution in [3.63, 3.8) is 0 Å². The third-order valence-electron chi connectivity index (χ3n) is 6.27. The highest BCUT2D eigenvalue weighted by atomic mass is 16.5. The number of rotatable bonds is 11. The van der Waals surface area contributed by atoms with E-state index in [1.54, 1.807) is 24.3 Å². The summed E-state index contributed by atoms with van der Waals surface area (Å²) in [5, 5.41) is 5.66. The third kappa shape index (κ3) is 8.40. The van der Waals surface area contributed by atoms with Crippen LogP contribution in [-0.4, -0.2) is 43.6 Å². The summed E-state index contributed by atoms with van der Waals surface area (Å²) in [6.07, 6.45) is 4.19. The lowest BCUT2D eigenvalue weighted by Crippen LogP contribution is -2.34. The van der Waals surface area contributed by atoms with E-state index in [0.29, 0.717) is 42.5 Å². The van der Waals surface area contributed by atoms with Crippen molar-refractivity contribution in [2.24, 2.45) is 11.8 Å². The Bertz CT molecular complexity index is 993. The molecule has 0 aromatic heterocycles. The van der Waals surface area contributed by atoms with Crippen LogP contribution in [0.5, 0.6) is 5.75 Å². The van der Waals surface area contributed by atoms with Gasteiger partial charge < -0.3 is 20.1 Å². The fourth-order valence-corrected chi connectivity index (χ4v) is 4.37. The van der Waals surface area contributed by atoms with E-state index in [1.807, 2.05) is 31.2 Å². The minimum atomic E-state index is -0.205. The Kier molecular flexibility index (Phi) is 10.3. The molecule has 3 rings (SSSR count). The molecule has 7 nitrogen and oxygen atoms in total. The lowest BCUT2D eigenvalue weighted by Gasteiger charge is -2.27. The van der Waals surface area contributed by atoms with Crippen LogP contribution in [0, 0.1) is 11.8 Å². The molecule has 2 aromatic rings. The standard InChI is InChI=1S/C29H38N2O5/c1-4-35-29(34)24-11-15-26(16-12-24)36-25-13-9-23(10-14-25)28(33)31-18-17-30-27(32)22-7-5-21(6-8-22)19-20(2)3/h5-10,13-14,20,24,26H,4,11-12,15-19H2,1-3H3,(H,30,32)(H,31,33). The van der Waals surface area contributed by atoms with Gasteiger partial charge in [-0.25, -0.2) is 0 Å². The van der Waals surface area contributed by atoms with Crippen LogP contribution in [0.1, 0.15) is 72.7 Å². The van der Waals surface area contributed by atoms with Gasteiger partial charge in [0.2, 0.25) is 0 Å². The van der Waals surface area contributed by atoms with Crippen LogP contribution in [0.3, 0.4) is 0 Å². The van der Waals surface area contributed by atoms with Gasteiger partial charge in [-0.2, -0.15) is 0 Å². The maximum absolute atomic E-state index is 12.4. The molecule has 0 atom stereocenters. The SMILES string of the molecule is CCOC(=O)C1CCC(Oc2ccc(C(=O)NCCNC(=O)c3ccc(CC(C)C)cc3)cc2)CC1. The molecule has 0 bridgehead atoms. The molecule has 2 N–H and O–H groups in total. The first-order chi connectivity index (χ1) is 17.4. The molecule has 0 aliphatic heterocycles. The maximum Gasteiger partial charge on any atom is 0.308 e. The Morgan fingerprint density at radius 3 is 1.86 bits per heavy atom. The molecular weight excluding hydrogens is 456 g/mol. The lowest BCUT2D eigenvalue weighted by atomic mass is 9.87. The van der Waals surface area contributed by atoms with E-state index in [4.69, 9.17) is 9.47 Å². The van der Waals surface area contributed by atoms with Gasteiger partial charge in [0, 0.05) is 24.2 Å². The van der Waals surface area contributed by atoms with E-state index >= 15 is 0 Å². The molecule has 1 fully saturated rings. The van der Waals surface area contributed by atoms with Crippen molar-refractivity contribution in [3.8, 4) is 5.75 Å². The molecule has 0 heterocycles. The molecule has 194 valence electrons. The predicted molar refractivity (Wildman–Crippen MR) is 139 cm³/mol. The highest BCUT2D eigenvalue weighted by Crippen LogP contribution is 2.28. The summed E-state index contributed by atoms with van der Waals surface area (Å²) in [6.45, 7) is 7.24. The third-order valence-corrected chi connectivity index (χ3v) is 6.27. The maximum atomic E-state index is 12.4. The summed E-state index contributed by atoms with van der Waals surface area (Å²) < 4.78 is 11.2. The van der Waals surface area contributed by atoms with E-state index in [0.717, 1.165) is 32.1 Å². The topological polar surface area (TPSA) is 93.7 Å². The van der Waals surface area contributed by atoms with Crippen molar-refractivity contribution < 1.29 is 23.9 Å². The van der Waals surface area contributed by atoms with E-state index in [2.05, 4.69) is 24.5 Å². The van der Waals surface area contributed by atoms with Crippen LogP contribution in [0.25, 0.3) is 0 Å². The Balaban J connectivity index is 1.36. The number of hydrogen-bond donors (Lipinski definition) is 2. The number of amides is 2. The molecule has 0 saturated heterocycles. The number of carbonyl (C=O) groups excluding carboxylic acids is 3. The van der Waals surface area contributed by atoms with E-state index in [9.17, 15) is 14.4 Å². The number of esters is 1. The van der Waals surface area contributed by atoms with E-state index in [-0.39, 0.29) is 29.8 Å². The zero-order valence-corrected chi connectivity index (χ0v) is 21.5. The zero-order chi connectivity index (χ0) is 25.9. The Labute approximate surface area is 213 Å². The van der Waals surface area contributed by atoms with Gasteiger partial charge in [0.15, 0.2) is 0 Å². The monoisotopic (exact) mass is 494 g/mol. The number of carbonyl (C=O) groups is 3. The molecule has 2 amide bonds. The minimum absolute atomic E-state index is 0.0316. The van der Waals surface area contributed by atoms with Gasteiger partial charge in [-0.05, 0) is 86.9 Å². The van der Waals surface area contributed by atoms with E-state index in [1.165, 1.54) is 5.56 Å². The summed E-state index contributed by atoms with van der Waals surface area (Å²) in [5.74, 6) is 0.776. The molecule has 7 heteroatoms. The van der Waals surface area contributed by atoms with Crippen molar-refractivity contribution in [1.29, 1.82) is 0 Å². The summed E-state index contributed by atoms with van der Waals surface area (Å²) in [5.41, 5.74) is 2.35. The number of hydrogen-bond acceptors (Lipinski definition) is 5. The number of ether oxygens (including phenoxy) is 2.